The van der Waals surface area contributed by atoms with Crippen LogP contribution < -0.4 is 14.7 Å². The summed E-state index contributed by atoms with van der Waals surface area (Å²) < 4.78 is 31.2. The fourth-order valence-electron chi connectivity index (χ4n) is 0.671. The van der Waals surface area contributed by atoms with Gasteiger partial charge in [-0.25, -0.2) is 0 Å². The SMILES string of the molecule is CCP(=O)([O-])CC.CCP(=O)([O-])CC.CCP(=O)([O-])CC.[Nd+3]. The molecule has 0 fully saturated rings. The summed E-state index contributed by atoms with van der Waals surface area (Å²) in [6.07, 6.45) is 1.77. The summed E-state index contributed by atoms with van der Waals surface area (Å²) >= 11 is 0. The Morgan fingerprint density at radius 1 is 0.500 bits per heavy atom. The smallest absolute Gasteiger partial charge is 0.799 e. The van der Waals surface area contributed by atoms with Crippen molar-refractivity contribution in [2.75, 3.05) is 37.0 Å². The van der Waals surface area contributed by atoms with E-state index in [-0.39, 0.29) is 40.8 Å². The van der Waals surface area contributed by atoms with E-state index in [2.05, 4.69) is 0 Å². The zero-order valence-corrected chi connectivity index (χ0v) is 20.4. The van der Waals surface area contributed by atoms with Crippen LogP contribution in [0.1, 0.15) is 41.5 Å². The van der Waals surface area contributed by atoms with Gasteiger partial charge in [0.2, 0.25) is 0 Å². The van der Waals surface area contributed by atoms with E-state index in [1.165, 1.54) is 0 Å². The van der Waals surface area contributed by atoms with Gasteiger partial charge in [0.15, 0.2) is 0 Å². The molecule has 0 unspecified atom stereocenters. The predicted octanol–water partition coefficient (Wildman–Crippen LogP) is 1.99. The van der Waals surface area contributed by atoms with Gasteiger partial charge in [-0.15, -0.1) is 0 Å². The van der Waals surface area contributed by atoms with Gasteiger partial charge in [0.25, 0.3) is 0 Å². The fourth-order valence-corrected chi connectivity index (χ4v) is 2.01. The molecule has 0 aliphatic rings. The maximum atomic E-state index is 10.4. The van der Waals surface area contributed by atoms with E-state index in [0.717, 1.165) is 0 Å². The molecule has 0 aromatic heterocycles. The molecule has 0 heterocycles. The molecule has 133 valence electrons. The van der Waals surface area contributed by atoms with Gasteiger partial charge in [-0.3, -0.25) is 0 Å². The minimum absolute atomic E-state index is 0. The molecular weight excluding hydrogens is 477 g/mol. The van der Waals surface area contributed by atoms with E-state index in [4.69, 9.17) is 0 Å². The molecule has 0 aromatic rings. The summed E-state index contributed by atoms with van der Waals surface area (Å²) in [5.74, 6) is 0. The molecule has 1 radical (unpaired) electrons. The van der Waals surface area contributed by atoms with E-state index in [9.17, 15) is 28.4 Å². The van der Waals surface area contributed by atoms with Crippen molar-refractivity contribution in [3.05, 3.63) is 0 Å². The van der Waals surface area contributed by atoms with Crippen LogP contribution in [0.5, 0.6) is 0 Å². The number of rotatable bonds is 6. The first-order valence-corrected chi connectivity index (χ1v) is 13.2. The normalized spacial score (nSPS) is 11.3. The zero-order valence-electron chi connectivity index (χ0n) is 14.5. The van der Waals surface area contributed by atoms with Gasteiger partial charge in [0.05, 0.1) is 0 Å². The standard InChI is InChI=1S/3C4H11O2P.Nd/c3*1-3-7(5,6)4-2;/h3*3-4H2,1-2H3,(H,5,6);/q;;;+3/p-3. The van der Waals surface area contributed by atoms with Gasteiger partial charge < -0.3 is 28.4 Å². The summed E-state index contributed by atoms with van der Waals surface area (Å²) in [7, 11) is -8.71. The average Bonchev–Trinajstić information content (AvgIpc) is 2.48. The van der Waals surface area contributed by atoms with Crippen LogP contribution in [0, 0.1) is 40.8 Å². The molecule has 6 nitrogen and oxygen atoms in total. The van der Waals surface area contributed by atoms with Gasteiger partial charge in [-0.1, -0.05) is 41.5 Å². The van der Waals surface area contributed by atoms with Gasteiger partial charge in [-0.05, 0) is 37.0 Å². The van der Waals surface area contributed by atoms with Gasteiger partial charge in [0, 0.05) is 22.1 Å². The van der Waals surface area contributed by atoms with Crippen molar-refractivity contribution in [1.29, 1.82) is 0 Å². The maximum Gasteiger partial charge on any atom is 3.00 e. The first-order valence-electron chi connectivity index (χ1n) is 7.24. The predicted molar refractivity (Wildman–Crippen MR) is 86.1 cm³/mol. The molecule has 0 amide bonds. The Balaban J connectivity index is -0.000000108. The monoisotopic (exact) mass is 505 g/mol. The molecule has 0 spiro atoms. The van der Waals surface area contributed by atoms with E-state index in [1.54, 1.807) is 41.5 Å². The van der Waals surface area contributed by atoms with Crippen molar-refractivity contribution >= 4 is 22.1 Å². The Morgan fingerprint density at radius 3 is 0.591 bits per heavy atom. The second-order valence-corrected chi connectivity index (χ2v) is 13.0. The van der Waals surface area contributed by atoms with Crippen molar-refractivity contribution in [3.63, 3.8) is 0 Å². The molecule has 0 saturated heterocycles. The second kappa shape index (κ2) is 16.4. The summed E-state index contributed by atoms with van der Waals surface area (Å²) in [6.45, 7) is 9.98. The van der Waals surface area contributed by atoms with Gasteiger partial charge >= 0.3 is 40.8 Å². The van der Waals surface area contributed by atoms with Crippen molar-refractivity contribution in [3.8, 4) is 0 Å². The first kappa shape index (κ1) is 31.7. The average molecular weight is 508 g/mol. The van der Waals surface area contributed by atoms with Crippen LogP contribution in [0.15, 0.2) is 0 Å². The molecule has 22 heavy (non-hydrogen) atoms. The van der Waals surface area contributed by atoms with Crippen LogP contribution in [0.25, 0.3) is 0 Å². The van der Waals surface area contributed by atoms with Crippen molar-refractivity contribution < 1.29 is 69.2 Å². The van der Waals surface area contributed by atoms with Crippen molar-refractivity contribution in [2.24, 2.45) is 0 Å². The van der Waals surface area contributed by atoms with Gasteiger partial charge in [0.1, 0.15) is 0 Å². The van der Waals surface area contributed by atoms with E-state index in [0.29, 0.717) is 37.0 Å². The molecule has 0 bridgehead atoms. The van der Waals surface area contributed by atoms with E-state index in [1.807, 2.05) is 0 Å². The molecule has 10 heteroatoms. The molecule has 0 rings (SSSR count). The van der Waals surface area contributed by atoms with E-state index >= 15 is 0 Å². The third kappa shape index (κ3) is 24.2. The Hall–Kier alpha value is 1.92. The Bertz CT molecular complexity index is 308. The minimum atomic E-state index is -2.90. The summed E-state index contributed by atoms with van der Waals surface area (Å²) in [6, 6.07) is 0. The number of hydrogen-bond donors (Lipinski definition) is 0. The fraction of sp³-hybridized carbons (Fsp3) is 1.00. The molecule has 0 N–H and O–H groups in total. The largest absolute Gasteiger partial charge is 3.00 e. The van der Waals surface area contributed by atoms with Crippen LogP contribution in [0.2, 0.25) is 0 Å². The van der Waals surface area contributed by atoms with Crippen LogP contribution in [0.4, 0.5) is 0 Å². The molecule has 0 saturated carbocycles. The Labute approximate surface area is 168 Å². The molecule has 0 aromatic carbocycles. The minimum Gasteiger partial charge on any atom is -0.799 e. The Kier molecular flexibility index (Phi) is 23.6. The topological polar surface area (TPSA) is 120 Å². The number of hydrogen-bond acceptors (Lipinski definition) is 6. The first-order chi connectivity index (χ1) is 9.36. The van der Waals surface area contributed by atoms with Crippen LogP contribution in [-0.4, -0.2) is 37.0 Å². The summed E-state index contributed by atoms with van der Waals surface area (Å²) in [5.41, 5.74) is 0. The second-order valence-electron chi connectivity index (χ2n) is 4.34. The maximum absolute atomic E-state index is 10.4. The molecule has 0 atom stereocenters. The van der Waals surface area contributed by atoms with Crippen molar-refractivity contribution in [1.82, 2.24) is 0 Å². The van der Waals surface area contributed by atoms with Crippen LogP contribution in [-0.2, 0) is 13.7 Å². The van der Waals surface area contributed by atoms with Crippen molar-refractivity contribution in [2.45, 2.75) is 41.5 Å². The van der Waals surface area contributed by atoms with E-state index < -0.39 is 22.1 Å². The Morgan fingerprint density at radius 2 is 0.591 bits per heavy atom. The zero-order chi connectivity index (χ0) is 17.7. The summed E-state index contributed by atoms with van der Waals surface area (Å²) in [4.78, 5) is 31.2. The molecule has 0 aliphatic carbocycles. The summed E-state index contributed by atoms with van der Waals surface area (Å²) in [5, 5.41) is 0. The molecular formula is C12H30NdO6P3. The van der Waals surface area contributed by atoms with Crippen LogP contribution in [0.3, 0.4) is 0 Å². The third-order valence-electron chi connectivity index (χ3n) is 2.89. The van der Waals surface area contributed by atoms with Gasteiger partial charge in [-0.2, -0.15) is 0 Å². The molecule has 0 aliphatic heterocycles. The van der Waals surface area contributed by atoms with Crippen LogP contribution >= 0.6 is 22.1 Å². The third-order valence-corrected chi connectivity index (χ3v) is 8.67. The quantitative estimate of drug-likeness (QED) is 0.507.